The fraction of sp³-hybridized carbons (Fsp3) is 0.300. The van der Waals surface area contributed by atoms with E-state index in [9.17, 15) is 4.79 Å². The van der Waals surface area contributed by atoms with E-state index in [4.69, 9.17) is 4.74 Å². The molecule has 2 heteroatoms. The molecule has 0 unspecified atom stereocenters. The molecule has 1 aromatic carbocycles. The first-order chi connectivity index (χ1) is 5.86. The number of carbonyl (C=O) groups excluding carboxylic acids is 1. The van der Waals surface area contributed by atoms with Crippen molar-refractivity contribution in [1.29, 1.82) is 0 Å². The molecule has 0 saturated heterocycles. The maximum Gasteiger partial charge on any atom is 0.233 e. The van der Waals surface area contributed by atoms with E-state index in [1.54, 1.807) is 12.1 Å². The lowest BCUT2D eigenvalue weighted by atomic mass is 10.2. The maximum absolute atomic E-state index is 10.2. The zero-order valence-electron chi connectivity index (χ0n) is 7.04. The van der Waals surface area contributed by atoms with Crippen LogP contribution in [0.4, 0.5) is 0 Å². The molecular formula is C10H11O2. The summed E-state index contributed by atoms with van der Waals surface area (Å²) >= 11 is 0. The van der Waals surface area contributed by atoms with E-state index in [1.165, 1.54) is 0 Å². The molecule has 0 heterocycles. The second-order valence-electron chi connectivity index (χ2n) is 2.44. The second-order valence-corrected chi connectivity index (χ2v) is 2.44. The van der Waals surface area contributed by atoms with Crippen LogP contribution in [0.15, 0.2) is 24.3 Å². The Morgan fingerprint density at radius 1 is 1.33 bits per heavy atom. The maximum atomic E-state index is 10.2. The zero-order valence-corrected chi connectivity index (χ0v) is 7.04. The van der Waals surface area contributed by atoms with Gasteiger partial charge in [-0.05, 0) is 12.5 Å². The van der Waals surface area contributed by atoms with Gasteiger partial charge in [-0.3, -0.25) is 4.79 Å². The molecule has 0 N–H and O–H groups in total. The van der Waals surface area contributed by atoms with E-state index in [-0.39, 0.29) is 0 Å². The summed E-state index contributed by atoms with van der Waals surface area (Å²) in [5.74, 6) is 0. The number of hydrogen-bond donors (Lipinski definition) is 0. The fourth-order valence-electron chi connectivity index (χ4n) is 0.889. The van der Waals surface area contributed by atoms with Crippen LogP contribution in [0.2, 0.25) is 0 Å². The third-order valence-electron chi connectivity index (χ3n) is 1.54. The van der Waals surface area contributed by atoms with Crippen LogP contribution in [-0.2, 0) is 16.1 Å². The molecular weight excluding hydrogens is 152 g/mol. The molecule has 1 aromatic rings. The van der Waals surface area contributed by atoms with Crippen molar-refractivity contribution >= 4 is 6.29 Å². The summed E-state index contributed by atoms with van der Waals surface area (Å²) in [5, 5.41) is 0. The second kappa shape index (κ2) is 4.67. The van der Waals surface area contributed by atoms with E-state index in [0.717, 1.165) is 5.56 Å². The lowest BCUT2D eigenvalue weighted by Gasteiger charge is -2.00. The van der Waals surface area contributed by atoms with Crippen LogP contribution in [0.5, 0.6) is 0 Å². The summed E-state index contributed by atoms with van der Waals surface area (Å²) in [7, 11) is 0. The van der Waals surface area contributed by atoms with Crippen molar-refractivity contribution in [2.45, 2.75) is 13.5 Å². The van der Waals surface area contributed by atoms with Crippen molar-refractivity contribution < 1.29 is 9.53 Å². The Labute approximate surface area is 72.2 Å². The summed E-state index contributed by atoms with van der Waals surface area (Å²) in [5.41, 5.74) is 1.66. The molecule has 2 nitrogen and oxygen atoms in total. The van der Waals surface area contributed by atoms with Crippen LogP contribution < -0.4 is 0 Å². The Hall–Kier alpha value is -1.15. The largest absolute Gasteiger partial charge is 0.377 e. The minimum Gasteiger partial charge on any atom is -0.377 e. The van der Waals surface area contributed by atoms with E-state index in [0.29, 0.717) is 18.8 Å². The highest BCUT2D eigenvalue weighted by Gasteiger charge is 1.92. The van der Waals surface area contributed by atoms with Gasteiger partial charge in [0.1, 0.15) is 0 Å². The highest BCUT2D eigenvalue weighted by Crippen LogP contribution is 2.03. The van der Waals surface area contributed by atoms with Gasteiger partial charge in [-0.25, -0.2) is 0 Å². The highest BCUT2D eigenvalue weighted by atomic mass is 16.5. The molecule has 0 aliphatic carbocycles. The van der Waals surface area contributed by atoms with Crippen molar-refractivity contribution in [1.82, 2.24) is 0 Å². The summed E-state index contributed by atoms with van der Waals surface area (Å²) in [6.45, 7) is 3.27. The monoisotopic (exact) mass is 163 g/mol. The quantitative estimate of drug-likeness (QED) is 0.675. The van der Waals surface area contributed by atoms with Crippen LogP contribution in [-0.4, -0.2) is 12.9 Å². The van der Waals surface area contributed by atoms with Crippen LogP contribution in [0, 0.1) is 0 Å². The molecule has 0 bridgehead atoms. The molecule has 0 spiro atoms. The third kappa shape index (κ3) is 2.47. The molecule has 12 heavy (non-hydrogen) atoms. The summed E-state index contributed by atoms with van der Waals surface area (Å²) in [4.78, 5) is 10.2. The number of hydrogen-bond acceptors (Lipinski definition) is 2. The van der Waals surface area contributed by atoms with Gasteiger partial charge in [-0.2, -0.15) is 0 Å². The Balaban J connectivity index is 2.58. The minimum absolute atomic E-state index is 0.579. The minimum atomic E-state index is 0.579. The van der Waals surface area contributed by atoms with Gasteiger partial charge >= 0.3 is 0 Å². The van der Waals surface area contributed by atoms with Crippen LogP contribution in [0.25, 0.3) is 0 Å². The Bertz CT molecular complexity index is 239. The average molecular weight is 163 g/mol. The smallest absolute Gasteiger partial charge is 0.233 e. The van der Waals surface area contributed by atoms with Crippen molar-refractivity contribution in [3.63, 3.8) is 0 Å². The molecule has 1 radical (unpaired) electrons. The van der Waals surface area contributed by atoms with Crippen molar-refractivity contribution in [3.8, 4) is 0 Å². The van der Waals surface area contributed by atoms with Gasteiger partial charge in [-0.15, -0.1) is 0 Å². The lowest BCUT2D eigenvalue weighted by Crippen LogP contribution is -1.91. The van der Waals surface area contributed by atoms with Crippen molar-refractivity contribution in [3.05, 3.63) is 35.4 Å². The lowest BCUT2D eigenvalue weighted by molar-refractivity contribution is 0.134. The molecule has 0 aliphatic heterocycles. The molecule has 0 atom stereocenters. The van der Waals surface area contributed by atoms with Gasteiger partial charge in [0.25, 0.3) is 0 Å². The predicted molar refractivity (Wildman–Crippen MR) is 46.6 cm³/mol. The van der Waals surface area contributed by atoms with E-state index in [1.807, 2.05) is 25.3 Å². The molecule has 0 saturated carbocycles. The van der Waals surface area contributed by atoms with Gasteiger partial charge in [0, 0.05) is 12.2 Å². The third-order valence-corrected chi connectivity index (χ3v) is 1.54. The first kappa shape index (κ1) is 8.94. The highest BCUT2D eigenvalue weighted by molar-refractivity contribution is 5.75. The van der Waals surface area contributed by atoms with Gasteiger partial charge in [0.15, 0.2) is 0 Å². The van der Waals surface area contributed by atoms with E-state index < -0.39 is 0 Å². The predicted octanol–water partition coefficient (Wildman–Crippen LogP) is 1.68. The summed E-state index contributed by atoms with van der Waals surface area (Å²) < 4.78 is 5.19. The summed E-state index contributed by atoms with van der Waals surface area (Å²) in [6.07, 6.45) is 1.82. The molecule has 0 aromatic heterocycles. The number of ether oxygens (including phenoxy) is 1. The Morgan fingerprint density at radius 2 is 2.00 bits per heavy atom. The first-order valence-corrected chi connectivity index (χ1v) is 3.91. The van der Waals surface area contributed by atoms with E-state index >= 15 is 0 Å². The first-order valence-electron chi connectivity index (χ1n) is 3.91. The topological polar surface area (TPSA) is 26.3 Å². The van der Waals surface area contributed by atoms with Crippen molar-refractivity contribution in [2.24, 2.45) is 0 Å². The SMILES string of the molecule is CCOCc1ccc([C]=O)cc1. The standard InChI is InChI=1S/C10H11O2/c1-2-12-8-10-5-3-9(7-11)4-6-10/h3-6H,2,8H2,1H3. The Morgan fingerprint density at radius 3 is 2.50 bits per heavy atom. The molecule has 1 rings (SSSR count). The number of rotatable bonds is 4. The molecule has 0 aliphatic rings. The Kier molecular flexibility index (Phi) is 3.48. The van der Waals surface area contributed by atoms with Crippen LogP contribution >= 0.6 is 0 Å². The van der Waals surface area contributed by atoms with Gasteiger partial charge in [0.2, 0.25) is 6.29 Å². The molecule has 63 valence electrons. The fourth-order valence-corrected chi connectivity index (χ4v) is 0.889. The van der Waals surface area contributed by atoms with Gasteiger partial charge < -0.3 is 4.74 Å². The van der Waals surface area contributed by atoms with Crippen LogP contribution in [0.3, 0.4) is 0 Å². The zero-order chi connectivity index (χ0) is 8.81. The van der Waals surface area contributed by atoms with Crippen molar-refractivity contribution in [2.75, 3.05) is 6.61 Å². The molecule has 0 fully saturated rings. The molecule has 0 amide bonds. The number of benzene rings is 1. The normalized spacial score (nSPS) is 9.75. The van der Waals surface area contributed by atoms with Crippen LogP contribution in [0.1, 0.15) is 18.1 Å². The average Bonchev–Trinajstić information content (AvgIpc) is 2.15. The van der Waals surface area contributed by atoms with Gasteiger partial charge in [-0.1, -0.05) is 24.3 Å². The van der Waals surface area contributed by atoms with Gasteiger partial charge in [0.05, 0.1) is 6.61 Å². The summed E-state index contributed by atoms with van der Waals surface area (Å²) in [6, 6.07) is 7.22. The van der Waals surface area contributed by atoms with E-state index in [2.05, 4.69) is 0 Å².